The summed E-state index contributed by atoms with van der Waals surface area (Å²) in [4.78, 5) is 14.2. The van der Waals surface area contributed by atoms with Crippen LogP contribution in [-0.4, -0.2) is 38.0 Å². The summed E-state index contributed by atoms with van der Waals surface area (Å²) in [5, 5.41) is 12.6. The van der Waals surface area contributed by atoms with Crippen molar-refractivity contribution < 1.29 is 4.42 Å². The van der Waals surface area contributed by atoms with Gasteiger partial charge in [0.1, 0.15) is 0 Å². The minimum Gasteiger partial charge on any atom is -0.424 e. The second kappa shape index (κ2) is 6.47. The molecule has 0 N–H and O–H groups in total. The number of likely N-dealkylation sites (tertiary alicyclic amines) is 1. The van der Waals surface area contributed by atoms with Gasteiger partial charge in [-0.05, 0) is 57.7 Å². The summed E-state index contributed by atoms with van der Waals surface area (Å²) in [6.45, 7) is 5.34. The van der Waals surface area contributed by atoms with E-state index in [1.54, 1.807) is 16.8 Å². The molecule has 7 heteroatoms. The standard InChI is InChI=1S/C17H23N5O2/c1-12-2-5-16(23)22(20-12)10-13-6-8-21(9-7-13)11-15-18-19-17(24-15)14-3-4-14/h2,5,13-14H,3-4,6-11H2,1H3. The Morgan fingerprint density at radius 3 is 2.71 bits per heavy atom. The third-order valence-corrected chi connectivity index (χ3v) is 4.91. The summed E-state index contributed by atoms with van der Waals surface area (Å²) in [6.07, 6.45) is 4.48. The molecule has 3 heterocycles. The summed E-state index contributed by atoms with van der Waals surface area (Å²) in [7, 11) is 0. The second-order valence-corrected chi connectivity index (χ2v) is 7.02. The molecule has 1 aliphatic heterocycles. The highest BCUT2D eigenvalue weighted by Gasteiger charge is 2.30. The molecular formula is C17H23N5O2. The van der Waals surface area contributed by atoms with Crippen molar-refractivity contribution in [2.24, 2.45) is 5.92 Å². The quantitative estimate of drug-likeness (QED) is 0.831. The van der Waals surface area contributed by atoms with E-state index < -0.39 is 0 Å². The fraction of sp³-hybridized carbons (Fsp3) is 0.647. The summed E-state index contributed by atoms with van der Waals surface area (Å²) >= 11 is 0. The van der Waals surface area contributed by atoms with Gasteiger partial charge in [0.25, 0.3) is 5.56 Å². The van der Waals surface area contributed by atoms with Crippen molar-refractivity contribution in [1.29, 1.82) is 0 Å². The molecule has 0 aromatic carbocycles. The van der Waals surface area contributed by atoms with E-state index >= 15 is 0 Å². The third kappa shape index (κ3) is 3.56. The third-order valence-electron chi connectivity index (χ3n) is 4.91. The maximum absolute atomic E-state index is 11.9. The zero-order chi connectivity index (χ0) is 16.5. The van der Waals surface area contributed by atoms with Gasteiger partial charge < -0.3 is 4.42 Å². The Labute approximate surface area is 140 Å². The van der Waals surface area contributed by atoms with Crippen LogP contribution >= 0.6 is 0 Å². The zero-order valence-corrected chi connectivity index (χ0v) is 14.0. The highest BCUT2D eigenvalue weighted by atomic mass is 16.4. The molecule has 0 amide bonds. The monoisotopic (exact) mass is 329 g/mol. The maximum Gasteiger partial charge on any atom is 0.266 e. The molecule has 128 valence electrons. The average molecular weight is 329 g/mol. The predicted molar refractivity (Wildman–Crippen MR) is 87.5 cm³/mol. The number of hydrogen-bond acceptors (Lipinski definition) is 6. The van der Waals surface area contributed by atoms with E-state index in [9.17, 15) is 4.79 Å². The Morgan fingerprint density at radius 2 is 1.96 bits per heavy atom. The number of hydrogen-bond donors (Lipinski definition) is 0. The highest BCUT2D eigenvalue weighted by Crippen LogP contribution is 2.39. The van der Waals surface area contributed by atoms with Crippen LogP contribution in [0, 0.1) is 12.8 Å². The predicted octanol–water partition coefficient (Wildman–Crippen LogP) is 1.72. The fourth-order valence-corrected chi connectivity index (χ4v) is 3.27. The first-order chi connectivity index (χ1) is 11.7. The van der Waals surface area contributed by atoms with E-state index in [0.717, 1.165) is 50.0 Å². The van der Waals surface area contributed by atoms with E-state index in [2.05, 4.69) is 20.2 Å². The van der Waals surface area contributed by atoms with Gasteiger partial charge in [-0.15, -0.1) is 10.2 Å². The van der Waals surface area contributed by atoms with Crippen LogP contribution in [0.4, 0.5) is 0 Å². The molecule has 0 radical (unpaired) electrons. The van der Waals surface area contributed by atoms with Gasteiger partial charge in [-0.2, -0.15) is 5.10 Å². The number of rotatable bonds is 5. The molecule has 2 aliphatic rings. The Morgan fingerprint density at radius 1 is 1.17 bits per heavy atom. The van der Waals surface area contributed by atoms with Gasteiger partial charge in [0, 0.05) is 18.5 Å². The Bertz CT molecular complexity index is 756. The molecule has 1 saturated heterocycles. The molecule has 1 aliphatic carbocycles. The van der Waals surface area contributed by atoms with Crippen molar-refractivity contribution in [1.82, 2.24) is 24.9 Å². The Hall–Kier alpha value is -2.02. The molecule has 0 bridgehead atoms. The second-order valence-electron chi connectivity index (χ2n) is 7.02. The summed E-state index contributed by atoms with van der Waals surface area (Å²) in [5.41, 5.74) is 0.872. The average Bonchev–Trinajstić information content (AvgIpc) is 3.33. The van der Waals surface area contributed by atoms with Crippen molar-refractivity contribution in [3.05, 3.63) is 40.0 Å². The van der Waals surface area contributed by atoms with Crippen molar-refractivity contribution >= 4 is 0 Å². The van der Waals surface area contributed by atoms with Crippen LogP contribution < -0.4 is 5.56 Å². The van der Waals surface area contributed by atoms with Gasteiger partial charge in [0.15, 0.2) is 0 Å². The van der Waals surface area contributed by atoms with Crippen LogP contribution in [0.5, 0.6) is 0 Å². The van der Waals surface area contributed by atoms with Crippen molar-refractivity contribution in [3.63, 3.8) is 0 Å². The molecule has 4 rings (SSSR count). The molecule has 1 saturated carbocycles. The lowest BCUT2D eigenvalue weighted by Crippen LogP contribution is -2.36. The van der Waals surface area contributed by atoms with Crippen LogP contribution in [0.1, 0.15) is 49.1 Å². The molecular weight excluding hydrogens is 306 g/mol. The van der Waals surface area contributed by atoms with Crippen LogP contribution in [0.15, 0.2) is 21.3 Å². The molecule has 2 aromatic rings. The summed E-state index contributed by atoms with van der Waals surface area (Å²) in [6, 6.07) is 3.37. The van der Waals surface area contributed by atoms with Crippen LogP contribution in [0.3, 0.4) is 0 Å². The number of aromatic nitrogens is 4. The largest absolute Gasteiger partial charge is 0.424 e. The number of nitrogens with zero attached hydrogens (tertiary/aromatic N) is 5. The topological polar surface area (TPSA) is 77.0 Å². The molecule has 2 aromatic heterocycles. The fourth-order valence-electron chi connectivity index (χ4n) is 3.27. The highest BCUT2D eigenvalue weighted by molar-refractivity contribution is 5.00. The van der Waals surface area contributed by atoms with Crippen LogP contribution in [-0.2, 0) is 13.1 Å². The molecule has 24 heavy (non-hydrogen) atoms. The SMILES string of the molecule is Cc1ccc(=O)n(CC2CCN(Cc3nnc(C4CC4)o3)CC2)n1. The number of piperidine rings is 1. The van der Waals surface area contributed by atoms with E-state index in [1.165, 1.54) is 12.8 Å². The zero-order valence-electron chi connectivity index (χ0n) is 14.0. The van der Waals surface area contributed by atoms with E-state index in [0.29, 0.717) is 18.4 Å². The first-order valence-corrected chi connectivity index (χ1v) is 8.77. The van der Waals surface area contributed by atoms with Crippen LogP contribution in [0.2, 0.25) is 0 Å². The lowest BCUT2D eigenvalue weighted by atomic mass is 9.97. The lowest BCUT2D eigenvalue weighted by Gasteiger charge is -2.30. The van der Waals surface area contributed by atoms with Gasteiger partial charge in [0.2, 0.25) is 11.8 Å². The van der Waals surface area contributed by atoms with Crippen molar-refractivity contribution in [2.75, 3.05) is 13.1 Å². The summed E-state index contributed by atoms with van der Waals surface area (Å²) < 4.78 is 7.35. The van der Waals surface area contributed by atoms with E-state index in [-0.39, 0.29) is 5.56 Å². The van der Waals surface area contributed by atoms with E-state index in [1.807, 2.05) is 6.92 Å². The minimum absolute atomic E-state index is 0.0125. The van der Waals surface area contributed by atoms with Gasteiger partial charge >= 0.3 is 0 Å². The van der Waals surface area contributed by atoms with Gasteiger partial charge in [0.05, 0.1) is 12.2 Å². The van der Waals surface area contributed by atoms with Gasteiger partial charge in [-0.3, -0.25) is 9.69 Å². The minimum atomic E-state index is -0.0125. The lowest BCUT2D eigenvalue weighted by molar-refractivity contribution is 0.151. The first-order valence-electron chi connectivity index (χ1n) is 8.77. The molecule has 0 atom stereocenters. The number of aryl methyl sites for hydroxylation is 1. The normalized spacial score (nSPS) is 19.7. The van der Waals surface area contributed by atoms with E-state index in [4.69, 9.17) is 4.42 Å². The van der Waals surface area contributed by atoms with Gasteiger partial charge in [-0.1, -0.05) is 0 Å². The van der Waals surface area contributed by atoms with Crippen LogP contribution in [0.25, 0.3) is 0 Å². The van der Waals surface area contributed by atoms with Crippen molar-refractivity contribution in [3.8, 4) is 0 Å². The first kappa shape index (κ1) is 15.5. The summed E-state index contributed by atoms with van der Waals surface area (Å²) in [5.74, 6) is 2.55. The molecule has 0 spiro atoms. The maximum atomic E-state index is 11.9. The Balaban J connectivity index is 1.29. The van der Waals surface area contributed by atoms with Crippen molar-refractivity contribution in [2.45, 2.75) is 51.6 Å². The molecule has 7 nitrogen and oxygen atoms in total. The molecule has 2 fully saturated rings. The Kier molecular flexibility index (Phi) is 4.18. The molecule has 0 unspecified atom stereocenters. The van der Waals surface area contributed by atoms with Gasteiger partial charge in [-0.25, -0.2) is 4.68 Å². The smallest absolute Gasteiger partial charge is 0.266 e.